The standard InChI is InChI=1S/C19H23NO3/c1-4-22-18-8-6-5-7-17(18)19(21)20-15-9-11-16(12-10-15)23-13-14(2)3/h5-12,14H,4,13H2,1-3H3,(H,20,21). The molecule has 0 bridgehead atoms. The molecule has 1 N–H and O–H groups in total. The zero-order chi connectivity index (χ0) is 16.7. The Labute approximate surface area is 137 Å². The van der Waals surface area contributed by atoms with E-state index in [1.54, 1.807) is 12.1 Å². The number of anilines is 1. The number of para-hydroxylation sites is 1. The molecule has 23 heavy (non-hydrogen) atoms. The van der Waals surface area contributed by atoms with Crippen molar-refractivity contribution in [2.45, 2.75) is 20.8 Å². The number of nitrogens with one attached hydrogen (secondary N) is 1. The fraction of sp³-hybridized carbons (Fsp3) is 0.316. The van der Waals surface area contributed by atoms with Gasteiger partial charge in [0.05, 0.1) is 18.8 Å². The Morgan fingerprint density at radius 1 is 1.04 bits per heavy atom. The quantitative estimate of drug-likeness (QED) is 0.825. The Kier molecular flexibility index (Phi) is 6.03. The van der Waals surface area contributed by atoms with E-state index in [0.29, 0.717) is 30.4 Å². The summed E-state index contributed by atoms with van der Waals surface area (Å²) in [5.74, 6) is 1.67. The van der Waals surface area contributed by atoms with Gasteiger partial charge in [-0.3, -0.25) is 4.79 Å². The van der Waals surface area contributed by atoms with Gasteiger partial charge in [0, 0.05) is 5.69 Å². The van der Waals surface area contributed by atoms with Crippen LogP contribution in [0.4, 0.5) is 5.69 Å². The number of carbonyl (C=O) groups excluding carboxylic acids is 1. The second kappa shape index (κ2) is 8.22. The molecule has 0 aliphatic heterocycles. The molecule has 2 aromatic carbocycles. The van der Waals surface area contributed by atoms with Crippen molar-refractivity contribution in [3.05, 3.63) is 54.1 Å². The molecular formula is C19H23NO3. The lowest BCUT2D eigenvalue weighted by atomic mass is 10.2. The zero-order valence-corrected chi connectivity index (χ0v) is 13.8. The van der Waals surface area contributed by atoms with Crippen LogP contribution in [0.3, 0.4) is 0 Å². The minimum absolute atomic E-state index is 0.190. The van der Waals surface area contributed by atoms with Crippen LogP contribution in [0, 0.1) is 5.92 Å². The molecule has 4 heteroatoms. The molecule has 0 atom stereocenters. The predicted octanol–water partition coefficient (Wildman–Crippen LogP) is 4.37. The van der Waals surface area contributed by atoms with Gasteiger partial charge in [0.2, 0.25) is 0 Å². The second-order valence-corrected chi connectivity index (χ2v) is 5.61. The van der Waals surface area contributed by atoms with Crippen LogP contribution in [-0.4, -0.2) is 19.1 Å². The van der Waals surface area contributed by atoms with Crippen LogP contribution in [0.25, 0.3) is 0 Å². The number of benzene rings is 2. The Morgan fingerprint density at radius 2 is 1.74 bits per heavy atom. The number of hydrogen-bond donors (Lipinski definition) is 1. The average molecular weight is 313 g/mol. The molecule has 0 saturated heterocycles. The van der Waals surface area contributed by atoms with Crippen molar-refractivity contribution in [2.75, 3.05) is 18.5 Å². The number of carbonyl (C=O) groups is 1. The van der Waals surface area contributed by atoms with Gasteiger partial charge >= 0.3 is 0 Å². The van der Waals surface area contributed by atoms with Crippen molar-refractivity contribution in [3.63, 3.8) is 0 Å². The maximum atomic E-state index is 12.4. The van der Waals surface area contributed by atoms with E-state index in [1.807, 2.05) is 43.3 Å². The van der Waals surface area contributed by atoms with Crippen LogP contribution in [0.2, 0.25) is 0 Å². The van der Waals surface area contributed by atoms with Gasteiger partial charge in [-0.1, -0.05) is 26.0 Å². The molecule has 122 valence electrons. The maximum Gasteiger partial charge on any atom is 0.259 e. The third kappa shape index (κ3) is 5.02. The van der Waals surface area contributed by atoms with Crippen molar-refractivity contribution < 1.29 is 14.3 Å². The van der Waals surface area contributed by atoms with Crippen LogP contribution in [0.1, 0.15) is 31.1 Å². The van der Waals surface area contributed by atoms with Gasteiger partial charge in [-0.15, -0.1) is 0 Å². The van der Waals surface area contributed by atoms with Gasteiger partial charge < -0.3 is 14.8 Å². The first-order valence-corrected chi connectivity index (χ1v) is 7.86. The van der Waals surface area contributed by atoms with E-state index in [9.17, 15) is 4.79 Å². The molecule has 0 saturated carbocycles. The maximum absolute atomic E-state index is 12.4. The van der Waals surface area contributed by atoms with Gasteiger partial charge in [-0.25, -0.2) is 0 Å². The van der Waals surface area contributed by atoms with E-state index in [-0.39, 0.29) is 5.91 Å². The van der Waals surface area contributed by atoms with Crippen molar-refractivity contribution in [3.8, 4) is 11.5 Å². The first-order chi connectivity index (χ1) is 11.1. The van der Waals surface area contributed by atoms with Crippen molar-refractivity contribution in [1.29, 1.82) is 0 Å². The van der Waals surface area contributed by atoms with Gasteiger partial charge in [-0.2, -0.15) is 0 Å². The Bertz CT molecular complexity index is 635. The van der Waals surface area contributed by atoms with Crippen LogP contribution in [0.15, 0.2) is 48.5 Å². The van der Waals surface area contributed by atoms with E-state index >= 15 is 0 Å². The monoisotopic (exact) mass is 313 g/mol. The second-order valence-electron chi connectivity index (χ2n) is 5.61. The van der Waals surface area contributed by atoms with Crippen molar-refractivity contribution >= 4 is 11.6 Å². The SMILES string of the molecule is CCOc1ccccc1C(=O)Nc1ccc(OCC(C)C)cc1. The summed E-state index contributed by atoms with van der Waals surface area (Å²) in [5.41, 5.74) is 1.24. The lowest BCUT2D eigenvalue weighted by molar-refractivity contribution is 0.102. The largest absolute Gasteiger partial charge is 0.493 e. The third-order valence-electron chi connectivity index (χ3n) is 3.13. The van der Waals surface area contributed by atoms with E-state index < -0.39 is 0 Å². The van der Waals surface area contributed by atoms with Crippen LogP contribution in [0.5, 0.6) is 11.5 Å². The lowest BCUT2D eigenvalue weighted by Crippen LogP contribution is -2.13. The van der Waals surface area contributed by atoms with E-state index in [2.05, 4.69) is 19.2 Å². The normalized spacial score (nSPS) is 10.4. The molecule has 0 spiro atoms. The van der Waals surface area contributed by atoms with Crippen molar-refractivity contribution in [1.82, 2.24) is 0 Å². The highest BCUT2D eigenvalue weighted by atomic mass is 16.5. The lowest BCUT2D eigenvalue weighted by Gasteiger charge is -2.11. The molecule has 2 rings (SSSR count). The minimum atomic E-state index is -0.190. The number of ether oxygens (including phenoxy) is 2. The highest BCUT2D eigenvalue weighted by molar-refractivity contribution is 6.06. The highest BCUT2D eigenvalue weighted by Crippen LogP contribution is 2.21. The first kappa shape index (κ1) is 16.9. The summed E-state index contributed by atoms with van der Waals surface area (Å²) < 4.78 is 11.1. The molecule has 0 heterocycles. The fourth-order valence-corrected chi connectivity index (χ4v) is 2.03. The number of hydrogen-bond acceptors (Lipinski definition) is 3. The zero-order valence-electron chi connectivity index (χ0n) is 13.8. The predicted molar refractivity (Wildman–Crippen MR) is 92.3 cm³/mol. The van der Waals surface area contributed by atoms with E-state index in [0.717, 1.165) is 11.4 Å². The molecule has 0 aromatic heterocycles. The molecule has 1 amide bonds. The summed E-state index contributed by atoms with van der Waals surface area (Å²) in [6, 6.07) is 14.6. The van der Waals surface area contributed by atoms with Crippen molar-refractivity contribution in [2.24, 2.45) is 5.92 Å². The average Bonchev–Trinajstić information content (AvgIpc) is 2.55. The Hall–Kier alpha value is -2.49. The third-order valence-corrected chi connectivity index (χ3v) is 3.13. The first-order valence-electron chi connectivity index (χ1n) is 7.86. The van der Waals surface area contributed by atoms with Crippen LogP contribution in [-0.2, 0) is 0 Å². The summed E-state index contributed by atoms with van der Waals surface area (Å²) >= 11 is 0. The molecule has 4 nitrogen and oxygen atoms in total. The molecule has 0 unspecified atom stereocenters. The molecule has 0 fully saturated rings. The summed E-state index contributed by atoms with van der Waals surface area (Å²) in [4.78, 5) is 12.4. The number of amides is 1. The Balaban J connectivity index is 2.03. The molecule has 0 radical (unpaired) electrons. The molecule has 0 aliphatic carbocycles. The van der Waals surface area contributed by atoms with Gasteiger partial charge in [-0.05, 0) is 49.2 Å². The van der Waals surface area contributed by atoms with Gasteiger partial charge in [0.1, 0.15) is 11.5 Å². The summed E-state index contributed by atoms with van der Waals surface area (Å²) in [6.07, 6.45) is 0. The Morgan fingerprint density at radius 3 is 2.39 bits per heavy atom. The van der Waals surface area contributed by atoms with Gasteiger partial charge in [0.15, 0.2) is 0 Å². The van der Waals surface area contributed by atoms with E-state index in [4.69, 9.17) is 9.47 Å². The van der Waals surface area contributed by atoms with E-state index in [1.165, 1.54) is 0 Å². The highest BCUT2D eigenvalue weighted by Gasteiger charge is 2.12. The fourth-order valence-electron chi connectivity index (χ4n) is 2.03. The topological polar surface area (TPSA) is 47.6 Å². The summed E-state index contributed by atoms with van der Waals surface area (Å²) in [6.45, 7) is 7.29. The summed E-state index contributed by atoms with van der Waals surface area (Å²) in [7, 11) is 0. The molecular weight excluding hydrogens is 290 g/mol. The smallest absolute Gasteiger partial charge is 0.259 e. The van der Waals surface area contributed by atoms with Crippen LogP contribution < -0.4 is 14.8 Å². The molecule has 2 aromatic rings. The minimum Gasteiger partial charge on any atom is -0.493 e. The molecule has 0 aliphatic rings. The van der Waals surface area contributed by atoms with Crippen LogP contribution >= 0.6 is 0 Å². The summed E-state index contributed by atoms with van der Waals surface area (Å²) in [5, 5.41) is 2.87. The number of rotatable bonds is 7. The van der Waals surface area contributed by atoms with Gasteiger partial charge in [0.25, 0.3) is 5.91 Å².